The van der Waals surface area contributed by atoms with Crippen LogP contribution in [0.15, 0.2) is 77.8 Å². The molecule has 0 aliphatic rings. The molecule has 4 rings (SSSR count). The number of carbonyl (C=O) groups is 3. The Balaban J connectivity index is 1.47. The smallest absolute Gasteiger partial charge is 0.407 e. The largest absolute Gasteiger partial charge is 0.444 e. The van der Waals surface area contributed by atoms with Crippen LogP contribution >= 0.6 is 22.7 Å². The second-order valence-electron chi connectivity index (χ2n) is 13.6. The van der Waals surface area contributed by atoms with Crippen LogP contribution in [0.3, 0.4) is 0 Å². The highest BCUT2D eigenvalue weighted by molar-refractivity contribution is 7.09. The molecule has 0 spiro atoms. The molecule has 4 aromatic rings. The zero-order valence-corrected chi connectivity index (χ0v) is 31.9. The molecule has 4 unspecified atom stereocenters. The van der Waals surface area contributed by atoms with Gasteiger partial charge in [-0.2, -0.15) is 4.57 Å². The summed E-state index contributed by atoms with van der Waals surface area (Å²) >= 11 is 3.05. The zero-order valence-electron chi connectivity index (χ0n) is 30.2. The van der Waals surface area contributed by atoms with Gasteiger partial charge in [-0.3, -0.25) is 4.79 Å². The maximum Gasteiger partial charge on any atom is 0.407 e. The summed E-state index contributed by atoms with van der Waals surface area (Å²) in [6, 6.07) is 16.9. The maximum atomic E-state index is 13.9. The third-order valence-electron chi connectivity index (χ3n) is 8.36. The fourth-order valence-electron chi connectivity index (χ4n) is 5.58. The third-order valence-corrected chi connectivity index (χ3v) is 10.5. The van der Waals surface area contributed by atoms with Gasteiger partial charge in [-0.15, -0.1) is 11.3 Å². The van der Waals surface area contributed by atoms with Gasteiger partial charge in [0.1, 0.15) is 24.6 Å². The highest BCUT2D eigenvalue weighted by Gasteiger charge is 2.31. The van der Waals surface area contributed by atoms with Crippen molar-refractivity contribution in [2.24, 2.45) is 13.0 Å². The molecule has 4 atom stereocenters. The number of benzene rings is 2. The summed E-state index contributed by atoms with van der Waals surface area (Å²) in [5, 5.41) is 23.6. The van der Waals surface area contributed by atoms with Crippen LogP contribution in [0.1, 0.15) is 66.7 Å². The van der Waals surface area contributed by atoms with Gasteiger partial charge in [0.25, 0.3) is 0 Å². The molecule has 0 saturated carbocycles. The second-order valence-corrected chi connectivity index (χ2v) is 15.4. The minimum Gasteiger partial charge on any atom is -0.444 e. The standard InChI is InChI=1S/C38H50N6O5S2/c1-25(2)34(42-37(47)44(6)20-30-23-50-36(40-30)26(3)4)35(46)39-29(17-27-13-9-7-10-14-27)19-33(45)32(18-28-15-11-8-12-16-28)41-38(48)49-22-31-21-43(5)24-51-31/h7-16,21,23-26,29,32-34,45H,17-20,22H2,1-6H3,(H2-,39,41,42,46,47,48)/p+1. The van der Waals surface area contributed by atoms with Gasteiger partial charge in [0, 0.05) is 24.4 Å². The molecule has 4 N–H and O–H groups in total. The number of aromatic nitrogens is 2. The number of hydrogen-bond donors (Lipinski definition) is 4. The Labute approximate surface area is 309 Å². The lowest BCUT2D eigenvalue weighted by Crippen LogP contribution is -2.55. The van der Waals surface area contributed by atoms with Crippen LogP contribution in [0.4, 0.5) is 9.59 Å². The number of urea groups is 1. The summed E-state index contributed by atoms with van der Waals surface area (Å²) in [6.07, 6.45) is 1.13. The van der Waals surface area contributed by atoms with Crippen molar-refractivity contribution in [1.29, 1.82) is 0 Å². The van der Waals surface area contributed by atoms with Crippen molar-refractivity contribution in [1.82, 2.24) is 25.8 Å². The Bertz CT molecular complexity index is 1680. The predicted molar refractivity (Wildman–Crippen MR) is 200 cm³/mol. The van der Waals surface area contributed by atoms with E-state index in [0.29, 0.717) is 25.3 Å². The minimum absolute atomic E-state index is 0.110. The maximum absolute atomic E-state index is 13.9. The first-order chi connectivity index (χ1) is 24.4. The highest BCUT2D eigenvalue weighted by Crippen LogP contribution is 2.20. The Morgan fingerprint density at radius 2 is 1.57 bits per heavy atom. The molecule has 0 saturated heterocycles. The summed E-state index contributed by atoms with van der Waals surface area (Å²) in [5.74, 6) is -0.270. The number of nitrogens with one attached hydrogen (secondary N) is 3. The van der Waals surface area contributed by atoms with E-state index in [2.05, 4.69) is 34.8 Å². The number of thiazole rings is 2. The molecule has 0 aliphatic heterocycles. The molecule has 0 bridgehead atoms. The molecular formula is C38H51N6O5S2+. The van der Waals surface area contributed by atoms with E-state index in [-0.39, 0.29) is 30.9 Å². The SMILES string of the molecule is CC(C)c1nc(CN(C)C(=O)NC(C(=O)NC(Cc2ccccc2)CC(O)C(Cc2ccccc2)NC(=O)OCc2c[n+](C)cs2)C(C)C)cs1. The summed E-state index contributed by atoms with van der Waals surface area (Å²) in [4.78, 5) is 47.2. The Morgan fingerprint density at radius 3 is 2.14 bits per heavy atom. The molecule has 2 aromatic carbocycles. The number of alkyl carbamates (subject to hydrolysis) is 1. The number of carbonyl (C=O) groups excluding carboxylic acids is 3. The second kappa shape index (κ2) is 19.3. The highest BCUT2D eigenvalue weighted by atomic mass is 32.1. The van der Waals surface area contributed by atoms with Crippen LogP contribution in [-0.4, -0.2) is 64.3 Å². The fourth-order valence-corrected chi connectivity index (χ4v) is 7.13. The van der Waals surface area contributed by atoms with Crippen molar-refractivity contribution < 1.29 is 28.8 Å². The Kier molecular flexibility index (Phi) is 15.0. The minimum atomic E-state index is -1.04. The average molecular weight is 736 g/mol. The molecule has 2 heterocycles. The fraction of sp³-hybridized carbons (Fsp3) is 0.447. The molecule has 11 nitrogen and oxygen atoms in total. The lowest BCUT2D eigenvalue weighted by atomic mass is 9.93. The molecule has 274 valence electrons. The predicted octanol–water partition coefficient (Wildman–Crippen LogP) is 5.33. The van der Waals surface area contributed by atoms with Gasteiger partial charge in [0.05, 0.1) is 29.4 Å². The van der Waals surface area contributed by atoms with E-state index in [1.807, 2.05) is 103 Å². The van der Waals surface area contributed by atoms with Crippen LogP contribution in [0.25, 0.3) is 0 Å². The van der Waals surface area contributed by atoms with Gasteiger partial charge in [-0.1, -0.05) is 99.7 Å². The van der Waals surface area contributed by atoms with Crippen molar-refractivity contribution in [3.63, 3.8) is 0 Å². The first-order valence-electron chi connectivity index (χ1n) is 17.3. The summed E-state index contributed by atoms with van der Waals surface area (Å²) in [7, 11) is 3.58. The van der Waals surface area contributed by atoms with Crippen LogP contribution in [0, 0.1) is 5.92 Å². The summed E-state index contributed by atoms with van der Waals surface area (Å²) in [5.41, 5.74) is 4.62. The molecule has 0 fully saturated rings. The van der Waals surface area contributed by atoms with E-state index in [1.54, 1.807) is 18.4 Å². The van der Waals surface area contributed by atoms with E-state index < -0.39 is 30.3 Å². The molecule has 13 heteroatoms. The van der Waals surface area contributed by atoms with Gasteiger partial charge in [-0.05, 0) is 36.3 Å². The van der Waals surface area contributed by atoms with E-state index in [1.165, 1.54) is 16.2 Å². The van der Waals surface area contributed by atoms with E-state index >= 15 is 0 Å². The van der Waals surface area contributed by atoms with Crippen molar-refractivity contribution in [2.75, 3.05) is 7.05 Å². The van der Waals surface area contributed by atoms with E-state index in [9.17, 15) is 19.5 Å². The number of amides is 4. The Morgan fingerprint density at radius 1 is 0.922 bits per heavy atom. The average Bonchev–Trinajstić information content (AvgIpc) is 3.75. The number of aliphatic hydroxyl groups excluding tert-OH is 1. The van der Waals surface area contributed by atoms with Crippen molar-refractivity contribution in [3.8, 4) is 0 Å². The number of ether oxygens (including phenoxy) is 1. The van der Waals surface area contributed by atoms with Crippen LogP contribution in [0.2, 0.25) is 0 Å². The summed E-state index contributed by atoms with van der Waals surface area (Å²) < 4.78 is 7.40. The quantitative estimate of drug-likeness (QED) is 0.108. The van der Waals surface area contributed by atoms with E-state index in [4.69, 9.17) is 4.74 Å². The van der Waals surface area contributed by atoms with Crippen molar-refractivity contribution in [2.45, 2.75) is 90.3 Å². The normalized spacial score (nSPS) is 13.7. The van der Waals surface area contributed by atoms with Gasteiger partial charge in [0.15, 0.2) is 6.20 Å². The van der Waals surface area contributed by atoms with Crippen molar-refractivity contribution >= 4 is 40.7 Å². The number of hydrogen-bond acceptors (Lipinski definition) is 8. The lowest BCUT2D eigenvalue weighted by Gasteiger charge is -2.30. The topological polar surface area (TPSA) is 137 Å². The van der Waals surface area contributed by atoms with Crippen LogP contribution < -0.4 is 20.5 Å². The molecule has 0 radical (unpaired) electrons. The lowest BCUT2D eigenvalue weighted by molar-refractivity contribution is -0.666. The first-order valence-corrected chi connectivity index (χ1v) is 19.0. The number of aryl methyl sites for hydroxylation is 1. The number of aliphatic hydroxyl groups is 1. The van der Waals surface area contributed by atoms with Crippen LogP contribution in [-0.2, 0) is 42.6 Å². The zero-order chi connectivity index (χ0) is 36.9. The number of nitrogens with zero attached hydrogens (tertiary/aromatic N) is 3. The summed E-state index contributed by atoms with van der Waals surface area (Å²) in [6.45, 7) is 8.34. The molecule has 51 heavy (non-hydrogen) atoms. The third kappa shape index (κ3) is 12.7. The number of rotatable bonds is 17. The van der Waals surface area contributed by atoms with E-state index in [0.717, 1.165) is 26.7 Å². The molecule has 0 aliphatic carbocycles. The van der Waals surface area contributed by atoms with Gasteiger partial charge in [0.2, 0.25) is 11.4 Å². The van der Waals surface area contributed by atoms with Crippen molar-refractivity contribution in [3.05, 3.63) is 104 Å². The molecule has 2 aromatic heterocycles. The van der Waals surface area contributed by atoms with Gasteiger partial charge < -0.3 is 30.7 Å². The molecular weight excluding hydrogens is 685 g/mol. The van der Waals surface area contributed by atoms with Gasteiger partial charge >= 0.3 is 12.1 Å². The Hall–Kier alpha value is -4.33. The molecule has 4 amide bonds. The van der Waals surface area contributed by atoms with Crippen LogP contribution in [0.5, 0.6) is 0 Å². The van der Waals surface area contributed by atoms with Gasteiger partial charge in [-0.25, -0.2) is 14.6 Å². The first kappa shape index (κ1) is 39.5. The monoisotopic (exact) mass is 735 g/mol.